The Morgan fingerprint density at radius 2 is 1.55 bits per heavy atom. The van der Waals surface area contributed by atoms with Gasteiger partial charge < -0.3 is 19.7 Å². The van der Waals surface area contributed by atoms with Crippen molar-refractivity contribution in [3.05, 3.63) is 67.6 Å². The van der Waals surface area contributed by atoms with E-state index >= 15 is 0 Å². The molecule has 0 amide bonds. The van der Waals surface area contributed by atoms with Crippen molar-refractivity contribution in [1.82, 2.24) is 0 Å². The van der Waals surface area contributed by atoms with E-state index in [1.165, 1.54) is 24.3 Å². The molecular weight excluding hydrogens is 490 g/mol. The van der Waals surface area contributed by atoms with E-state index in [1.54, 1.807) is 0 Å². The van der Waals surface area contributed by atoms with Gasteiger partial charge in [0.1, 0.15) is 11.5 Å². The molecule has 0 bridgehead atoms. The molecule has 2 atom stereocenters. The molecular formula is C21H16Cl4O6. The number of carbonyl (C=O) groups is 2. The number of esters is 1. The predicted octanol–water partition coefficient (Wildman–Crippen LogP) is 5.65. The Labute approximate surface area is 197 Å². The van der Waals surface area contributed by atoms with Crippen molar-refractivity contribution in [2.45, 2.75) is 24.9 Å². The monoisotopic (exact) mass is 504 g/mol. The second kappa shape index (κ2) is 9.27. The zero-order valence-electron chi connectivity index (χ0n) is 16.0. The van der Waals surface area contributed by atoms with Crippen molar-refractivity contribution >= 4 is 58.3 Å². The van der Waals surface area contributed by atoms with Crippen LogP contribution in [-0.4, -0.2) is 34.9 Å². The Kier molecular flexibility index (Phi) is 7.08. The molecule has 1 fully saturated rings. The zero-order chi connectivity index (χ0) is 22.9. The van der Waals surface area contributed by atoms with Crippen LogP contribution in [0.4, 0.5) is 0 Å². The van der Waals surface area contributed by atoms with Gasteiger partial charge in [0.15, 0.2) is 0 Å². The summed E-state index contributed by atoms with van der Waals surface area (Å²) in [6, 6.07) is 5.53. The van der Waals surface area contributed by atoms with Gasteiger partial charge in [-0.2, -0.15) is 0 Å². The molecule has 0 radical (unpaired) electrons. The van der Waals surface area contributed by atoms with Crippen LogP contribution in [0.1, 0.15) is 24.5 Å². The highest BCUT2D eigenvalue weighted by molar-refractivity contribution is 6.38. The molecule has 2 N–H and O–H groups in total. The van der Waals surface area contributed by atoms with Crippen LogP contribution in [0.15, 0.2) is 36.4 Å². The molecule has 1 aliphatic heterocycles. The van der Waals surface area contributed by atoms with Gasteiger partial charge in [0, 0.05) is 43.4 Å². The molecule has 2 aromatic rings. The number of phenols is 1. The standard InChI is InChI=1S/C21H16Cl4O6/c1-10-8-21(9-30-10,19-13(22)4-11(26)5-14(19)23)20-15(24)6-12(7-16(20)25)31-18(29)3-2-17(27)28/h2-7,10,26H,8-9H2,1H3,(H,27,28)/b3-2+. The van der Waals surface area contributed by atoms with E-state index < -0.39 is 17.4 Å². The number of phenolic OH excluding ortho intramolecular Hbond substituents is 1. The van der Waals surface area contributed by atoms with E-state index in [-0.39, 0.29) is 44.3 Å². The van der Waals surface area contributed by atoms with E-state index in [2.05, 4.69) is 0 Å². The van der Waals surface area contributed by atoms with Gasteiger partial charge in [-0.1, -0.05) is 46.4 Å². The third-order valence-corrected chi connectivity index (χ3v) is 6.02. The highest BCUT2D eigenvalue weighted by Gasteiger charge is 2.47. The number of rotatable bonds is 5. The fourth-order valence-electron chi connectivity index (χ4n) is 3.74. The lowest BCUT2D eigenvalue weighted by molar-refractivity contribution is -0.133. The van der Waals surface area contributed by atoms with E-state index in [4.69, 9.17) is 61.0 Å². The lowest BCUT2D eigenvalue weighted by Gasteiger charge is -2.32. The summed E-state index contributed by atoms with van der Waals surface area (Å²) < 4.78 is 10.9. The van der Waals surface area contributed by atoms with Gasteiger partial charge in [0.25, 0.3) is 0 Å². The van der Waals surface area contributed by atoms with Crippen LogP contribution in [0.2, 0.25) is 20.1 Å². The minimum Gasteiger partial charge on any atom is -0.508 e. The Morgan fingerprint density at radius 3 is 2.00 bits per heavy atom. The highest BCUT2D eigenvalue weighted by Crippen LogP contribution is 2.53. The van der Waals surface area contributed by atoms with Crippen molar-refractivity contribution in [3.63, 3.8) is 0 Å². The van der Waals surface area contributed by atoms with Crippen LogP contribution in [-0.2, 0) is 19.7 Å². The molecule has 0 saturated carbocycles. The number of aromatic hydroxyl groups is 1. The smallest absolute Gasteiger partial charge is 0.336 e. The van der Waals surface area contributed by atoms with Gasteiger partial charge in [-0.05, 0) is 37.6 Å². The van der Waals surface area contributed by atoms with Gasteiger partial charge in [-0.25, -0.2) is 9.59 Å². The topological polar surface area (TPSA) is 93.1 Å². The summed E-state index contributed by atoms with van der Waals surface area (Å²) in [6.07, 6.45) is 1.71. The molecule has 10 heteroatoms. The SMILES string of the molecule is CC1CC(c2c(Cl)cc(O)cc2Cl)(c2c(Cl)cc(OC(=O)/C=C/C(=O)O)cc2Cl)CO1. The summed E-state index contributed by atoms with van der Waals surface area (Å²) in [5.74, 6) is -2.25. The molecule has 0 aliphatic carbocycles. The lowest BCUT2D eigenvalue weighted by Crippen LogP contribution is -2.30. The van der Waals surface area contributed by atoms with Crippen molar-refractivity contribution in [1.29, 1.82) is 0 Å². The van der Waals surface area contributed by atoms with E-state index in [9.17, 15) is 14.7 Å². The van der Waals surface area contributed by atoms with Crippen LogP contribution in [0.25, 0.3) is 0 Å². The van der Waals surface area contributed by atoms with Crippen LogP contribution in [0.5, 0.6) is 11.5 Å². The van der Waals surface area contributed by atoms with Crippen LogP contribution < -0.4 is 4.74 Å². The summed E-state index contributed by atoms with van der Waals surface area (Å²) in [7, 11) is 0. The second-order valence-electron chi connectivity index (χ2n) is 7.05. The number of carboxylic acids is 1. The molecule has 1 aliphatic rings. The number of hydrogen-bond acceptors (Lipinski definition) is 5. The number of carboxylic acid groups (broad SMARTS) is 1. The van der Waals surface area contributed by atoms with E-state index in [0.29, 0.717) is 23.6 Å². The predicted molar refractivity (Wildman–Crippen MR) is 118 cm³/mol. The third kappa shape index (κ3) is 4.94. The summed E-state index contributed by atoms with van der Waals surface area (Å²) in [4.78, 5) is 22.3. The fourth-order valence-corrected chi connectivity index (χ4v) is 5.41. The number of benzene rings is 2. The number of hydrogen-bond donors (Lipinski definition) is 2. The minimum absolute atomic E-state index is 0.0313. The quantitative estimate of drug-likeness (QED) is 0.310. The van der Waals surface area contributed by atoms with E-state index in [1.807, 2.05) is 6.92 Å². The van der Waals surface area contributed by atoms with Gasteiger partial charge >= 0.3 is 11.9 Å². The maximum Gasteiger partial charge on any atom is 0.336 e. The molecule has 164 valence electrons. The van der Waals surface area contributed by atoms with Crippen LogP contribution >= 0.6 is 46.4 Å². The Balaban J connectivity index is 2.10. The van der Waals surface area contributed by atoms with Crippen molar-refractivity contribution in [3.8, 4) is 11.5 Å². The maximum atomic E-state index is 11.8. The first kappa shape index (κ1) is 23.7. The molecule has 6 nitrogen and oxygen atoms in total. The first-order chi connectivity index (χ1) is 14.5. The van der Waals surface area contributed by atoms with Gasteiger partial charge in [0.05, 0.1) is 18.1 Å². The van der Waals surface area contributed by atoms with Crippen LogP contribution in [0, 0.1) is 0 Å². The molecule has 0 aromatic heterocycles. The van der Waals surface area contributed by atoms with Gasteiger partial charge in [-0.3, -0.25) is 0 Å². The normalized spacial score (nSPS) is 20.9. The first-order valence-electron chi connectivity index (χ1n) is 8.96. The van der Waals surface area contributed by atoms with Crippen LogP contribution in [0.3, 0.4) is 0 Å². The zero-order valence-corrected chi connectivity index (χ0v) is 19.0. The minimum atomic E-state index is -1.29. The molecule has 2 aromatic carbocycles. The number of ether oxygens (including phenoxy) is 2. The summed E-state index contributed by atoms with van der Waals surface area (Å²) in [6.45, 7) is 2.06. The maximum absolute atomic E-state index is 11.8. The molecule has 3 rings (SSSR count). The second-order valence-corrected chi connectivity index (χ2v) is 8.68. The van der Waals surface area contributed by atoms with Crippen molar-refractivity contribution in [2.75, 3.05) is 6.61 Å². The summed E-state index contributed by atoms with van der Waals surface area (Å²) >= 11 is 26.1. The van der Waals surface area contributed by atoms with Crippen molar-refractivity contribution in [2.24, 2.45) is 0 Å². The largest absolute Gasteiger partial charge is 0.508 e. The summed E-state index contributed by atoms with van der Waals surface area (Å²) in [5.41, 5.74) is 0.0766. The molecule has 1 saturated heterocycles. The Morgan fingerprint density at radius 1 is 1.03 bits per heavy atom. The lowest BCUT2D eigenvalue weighted by atomic mass is 9.72. The highest BCUT2D eigenvalue weighted by atomic mass is 35.5. The van der Waals surface area contributed by atoms with E-state index in [0.717, 1.165) is 6.08 Å². The molecule has 0 spiro atoms. The van der Waals surface area contributed by atoms with Gasteiger partial charge in [-0.15, -0.1) is 0 Å². The molecule has 1 heterocycles. The van der Waals surface area contributed by atoms with Crippen molar-refractivity contribution < 1.29 is 29.3 Å². The first-order valence-corrected chi connectivity index (χ1v) is 10.5. The molecule has 2 unspecified atom stereocenters. The van der Waals surface area contributed by atoms with Gasteiger partial charge in [0.2, 0.25) is 0 Å². The Bertz CT molecular complexity index is 1040. The fraction of sp³-hybridized carbons (Fsp3) is 0.238. The number of halogens is 4. The summed E-state index contributed by atoms with van der Waals surface area (Å²) in [5, 5.41) is 19.2. The number of aliphatic carboxylic acids is 1. The number of carbonyl (C=O) groups excluding carboxylic acids is 1. The average Bonchev–Trinajstić information content (AvgIpc) is 3.00. The molecule has 31 heavy (non-hydrogen) atoms. The third-order valence-electron chi connectivity index (χ3n) is 4.83. The average molecular weight is 506 g/mol. The Hall–Kier alpha value is -1.96.